The highest BCUT2D eigenvalue weighted by atomic mass is 19.3. The smallest absolute Gasteiger partial charge is 0.317 e. The van der Waals surface area contributed by atoms with Gasteiger partial charge in [-0.15, -0.1) is 0 Å². The van der Waals surface area contributed by atoms with Crippen molar-refractivity contribution in [2.24, 2.45) is 17.8 Å². The molecule has 15 heteroatoms. The van der Waals surface area contributed by atoms with Crippen molar-refractivity contribution in [2.75, 3.05) is 13.1 Å². The number of imidazole rings is 1. The van der Waals surface area contributed by atoms with E-state index in [4.69, 9.17) is 4.63 Å². The molecule has 3 saturated carbocycles. The van der Waals surface area contributed by atoms with E-state index in [-0.39, 0.29) is 62.8 Å². The molecule has 3 amide bonds. The largest absolute Gasteiger partial charge is 0.342 e. The van der Waals surface area contributed by atoms with Crippen LogP contribution >= 0.6 is 0 Å². The Hall–Kier alpha value is -3.78. The number of alkyl halides is 4. The average molecular weight is 577 g/mol. The van der Waals surface area contributed by atoms with Crippen LogP contribution in [0.5, 0.6) is 0 Å². The lowest BCUT2D eigenvalue weighted by Gasteiger charge is -2.33. The minimum absolute atomic E-state index is 0.0549. The SMILES string of the molecule is O=C(N[C@H](c1cn2ncc(CN3C[C@H]4[C@H](CNC3=O)C4(F)F)cc2n1)C1CCC(F)(F)CC1)c1nonc1C1CC1. The van der Waals surface area contributed by atoms with Gasteiger partial charge in [-0.05, 0) is 48.4 Å². The van der Waals surface area contributed by atoms with Crippen molar-refractivity contribution in [1.29, 1.82) is 0 Å². The Morgan fingerprint density at radius 2 is 1.93 bits per heavy atom. The summed E-state index contributed by atoms with van der Waals surface area (Å²) in [5, 5.41) is 17.6. The molecular weight excluding hydrogens is 548 g/mol. The summed E-state index contributed by atoms with van der Waals surface area (Å²) < 4.78 is 62.2. The van der Waals surface area contributed by atoms with Gasteiger partial charge in [0, 0.05) is 38.4 Å². The highest BCUT2D eigenvalue weighted by molar-refractivity contribution is 5.93. The maximum Gasteiger partial charge on any atom is 0.317 e. The van der Waals surface area contributed by atoms with Crippen molar-refractivity contribution in [3.8, 4) is 0 Å². The van der Waals surface area contributed by atoms with Crippen LogP contribution in [0.2, 0.25) is 0 Å². The minimum Gasteiger partial charge on any atom is -0.342 e. The van der Waals surface area contributed by atoms with Gasteiger partial charge in [-0.2, -0.15) is 5.10 Å². The summed E-state index contributed by atoms with van der Waals surface area (Å²) in [6.07, 6.45) is 4.72. The molecule has 4 heterocycles. The lowest BCUT2D eigenvalue weighted by molar-refractivity contribution is -0.0495. The van der Waals surface area contributed by atoms with Gasteiger partial charge >= 0.3 is 6.03 Å². The second-order valence-electron chi connectivity index (χ2n) is 11.7. The molecule has 3 aromatic rings. The number of fused-ring (bicyclic) bond motifs is 2. The van der Waals surface area contributed by atoms with Crippen molar-refractivity contribution in [2.45, 2.75) is 68.9 Å². The number of nitrogens with zero attached hydrogens (tertiary/aromatic N) is 6. The first-order valence-electron chi connectivity index (χ1n) is 13.8. The Labute approximate surface area is 231 Å². The zero-order valence-electron chi connectivity index (χ0n) is 21.9. The topological polar surface area (TPSA) is 131 Å². The predicted octanol–water partition coefficient (Wildman–Crippen LogP) is 3.69. The van der Waals surface area contributed by atoms with E-state index >= 15 is 0 Å². The van der Waals surface area contributed by atoms with Crippen molar-refractivity contribution in [1.82, 2.24) is 40.4 Å². The zero-order valence-corrected chi connectivity index (χ0v) is 21.9. The van der Waals surface area contributed by atoms with E-state index in [1.54, 1.807) is 12.3 Å². The highest BCUT2D eigenvalue weighted by Gasteiger charge is 2.69. The third-order valence-corrected chi connectivity index (χ3v) is 8.84. The normalized spacial score (nSPS) is 26.2. The molecule has 0 unspecified atom stereocenters. The van der Waals surface area contributed by atoms with Gasteiger partial charge in [0.05, 0.1) is 36.0 Å². The summed E-state index contributed by atoms with van der Waals surface area (Å²) in [5.41, 5.74) is 2.01. The summed E-state index contributed by atoms with van der Waals surface area (Å²) in [7, 11) is 0. The van der Waals surface area contributed by atoms with Gasteiger partial charge in [0.25, 0.3) is 11.8 Å². The quantitative estimate of drug-likeness (QED) is 0.410. The summed E-state index contributed by atoms with van der Waals surface area (Å²) in [6, 6.07) is 0.581. The van der Waals surface area contributed by atoms with Crippen LogP contribution in [-0.2, 0) is 6.54 Å². The molecule has 2 N–H and O–H groups in total. The second kappa shape index (κ2) is 9.38. The first-order valence-corrected chi connectivity index (χ1v) is 13.8. The molecule has 3 atom stereocenters. The van der Waals surface area contributed by atoms with Crippen LogP contribution in [0.15, 0.2) is 23.1 Å². The van der Waals surface area contributed by atoms with Crippen molar-refractivity contribution >= 4 is 17.6 Å². The first kappa shape index (κ1) is 26.1. The van der Waals surface area contributed by atoms with Crippen LogP contribution in [-0.4, -0.2) is 66.7 Å². The third kappa shape index (κ3) is 4.88. The summed E-state index contributed by atoms with van der Waals surface area (Å²) >= 11 is 0. The molecular formula is C26H28F4N8O3. The number of nitrogens with one attached hydrogen (secondary N) is 2. The number of amides is 3. The fourth-order valence-electron chi connectivity index (χ4n) is 6.16. The van der Waals surface area contributed by atoms with Gasteiger partial charge in [0.15, 0.2) is 11.3 Å². The fraction of sp³-hybridized carbons (Fsp3) is 0.615. The molecule has 0 aromatic carbocycles. The van der Waals surface area contributed by atoms with E-state index in [2.05, 4.69) is 31.0 Å². The van der Waals surface area contributed by atoms with E-state index in [1.165, 1.54) is 15.6 Å². The van der Waals surface area contributed by atoms with Crippen LogP contribution in [0.25, 0.3) is 5.65 Å². The average Bonchev–Trinajstić information content (AvgIpc) is 3.73. The molecule has 41 heavy (non-hydrogen) atoms. The number of aromatic nitrogens is 5. The van der Waals surface area contributed by atoms with Crippen molar-refractivity contribution in [3.05, 3.63) is 41.1 Å². The highest BCUT2D eigenvalue weighted by Crippen LogP contribution is 2.55. The maximum absolute atomic E-state index is 14.0. The van der Waals surface area contributed by atoms with E-state index < -0.39 is 41.7 Å². The predicted molar refractivity (Wildman–Crippen MR) is 132 cm³/mol. The standard InChI is InChI=1S/C26H28F4N8O3/c27-25(28)5-3-15(4-6-25)20(34-23(39)22-21(14-1-2-14)35-41-36-22)18-12-38-19(33-18)7-13(8-32-38)10-37-11-17-16(26(17,29)30)9-31-24(37)40/h7-8,12,14-17,20H,1-6,9-11H2,(H,31,40)(H,34,39)/t16-,17-,20-/m0/s1. The monoisotopic (exact) mass is 576 g/mol. The van der Waals surface area contributed by atoms with Gasteiger partial charge in [-0.25, -0.2) is 36.5 Å². The number of hydrogen-bond acceptors (Lipinski definition) is 7. The molecule has 3 aromatic heterocycles. The number of halogens is 4. The van der Waals surface area contributed by atoms with Crippen LogP contribution < -0.4 is 10.6 Å². The second-order valence-corrected chi connectivity index (χ2v) is 11.7. The lowest BCUT2D eigenvalue weighted by Crippen LogP contribution is -2.40. The number of urea groups is 1. The van der Waals surface area contributed by atoms with E-state index in [0.717, 1.165) is 12.8 Å². The summed E-state index contributed by atoms with van der Waals surface area (Å²) in [4.78, 5) is 31.7. The lowest BCUT2D eigenvalue weighted by atomic mass is 9.81. The Morgan fingerprint density at radius 1 is 1.15 bits per heavy atom. The van der Waals surface area contributed by atoms with Crippen LogP contribution in [0.3, 0.4) is 0 Å². The van der Waals surface area contributed by atoms with E-state index in [1.807, 2.05) is 0 Å². The van der Waals surface area contributed by atoms with E-state index in [9.17, 15) is 27.2 Å². The van der Waals surface area contributed by atoms with E-state index in [0.29, 0.717) is 22.6 Å². The van der Waals surface area contributed by atoms with Crippen LogP contribution in [0.4, 0.5) is 22.4 Å². The molecule has 7 rings (SSSR count). The molecule has 11 nitrogen and oxygen atoms in total. The number of carbonyl (C=O) groups is 2. The number of hydrogen-bond donors (Lipinski definition) is 2. The maximum atomic E-state index is 14.0. The molecule has 3 aliphatic carbocycles. The molecule has 0 spiro atoms. The van der Waals surface area contributed by atoms with Crippen molar-refractivity contribution < 1.29 is 31.8 Å². The molecule has 4 fully saturated rings. The Bertz CT molecular complexity index is 1490. The van der Waals surface area contributed by atoms with Crippen LogP contribution in [0.1, 0.15) is 77.9 Å². The van der Waals surface area contributed by atoms with Gasteiger partial charge in [0.1, 0.15) is 5.69 Å². The zero-order chi connectivity index (χ0) is 28.5. The Morgan fingerprint density at radius 3 is 2.68 bits per heavy atom. The van der Waals surface area contributed by atoms with Gasteiger partial charge in [-0.3, -0.25) is 4.79 Å². The third-order valence-electron chi connectivity index (χ3n) is 8.84. The Kier molecular flexibility index (Phi) is 5.98. The number of rotatable bonds is 7. The molecule has 0 radical (unpaired) electrons. The molecule has 0 bridgehead atoms. The van der Waals surface area contributed by atoms with Gasteiger partial charge < -0.3 is 15.5 Å². The Balaban J connectivity index is 1.14. The molecule has 218 valence electrons. The molecule has 4 aliphatic rings. The van der Waals surface area contributed by atoms with Crippen LogP contribution in [0, 0.1) is 17.8 Å². The summed E-state index contributed by atoms with van der Waals surface area (Å²) in [5.74, 6) is -7.94. The first-order chi connectivity index (χ1) is 19.6. The molecule has 1 saturated heterocycles. The molecule has 1 aliphatic heterocycles. The fourth-order valence-corrected chi connectivity index (χ4v) is 6.16. The van der Waals surface area contributed by atoms with Gasteiger partial charge in [-0.1, -0.05) is 5.16 Å². The van der Waals surface area contributed by atoms with Crippen molar-refractivity contribution in [3.63, 3.8) is 0 Å². The number of carbonyl (C=O) groups excluding carboxylic acids is 2. The van der Waals surface area contributed by atoms with Gasteiger partial charge in [0.2, 0.25) is 5.92 Å². The minimum atomic E-state index is -2.78. The summed E-state index contributed by atoms with van der Waals surface area (Å²) in [6.45, 7) is -0.0486.